The SMILES string of the molecule is CCCN(CCO)Cc1cc(C)ccc1F. The van der Waals surface area contributed by atoms with Crippen molar-refractivity contribution in [3.8, 4) is 0 Å². The van der Waals surface area contributed by atoms with Crippen molar-refractivity contribution in [1.29, 1.82) is 0 Å². The number of hydrogen-bond donors (Lipinski definition) is 1. The lowest BCUT2D eigenvalue weighted by Gasteiger charge is -2.21. The van der Waals surface area contributed by atoms with Crippen molar-refractivity contribution in [2.75, 3.05) is 19.7 Å². The number of benzene rings is 1. The Kier molecular flexibility index (Phi) is 5.43. The molecule has 1 rings (SSSR count). The van der Waals surface area contributed by atoms with E-state index in [0.717, 1.165) is 18.5 Å². The smallest absolute Gasteiger partial charge is 0.127 e. The highest BCUT2D eigenvalue weighted by atomic mass is 19.1. The summed E-state index contributed by atoms with van der Waals surface area (Å²) in [6.07, 6.45) is 1.01. The highest BCUT2D eigenvalue weighted by Gasteiger charge is 2.08. The quantitative estimate of drug-likeness (QED) is 0.803. The lowest BCUT2D eigenvalue weighted by Crippen LogP contribution is -2.27. The molecule has 0 aliphatic rings. The molecule has 0 fully saturated rings. The fourth-order valence-electron chi connectivity index (χ4n) is 1.79. The Bertz CT molecular complexity index is 322. The first-order chi connectivity index (χ1) is 7.67. The van der Waals surface area contributed by atoms with E-state index >= 15 is 0 Å². The van der Waals surface area contributed by atoms with Crippen molar-refractivity contribution in [2.24, 2.45) is 0 Å². The summed E-state index contributed by atoms with van der Waals surface area (Å²) in [5, 5.41) is 8.93. The summed E-state index contributed by atoms with van der Waals surface area (Å²) >= 11 is 0. The molecular weight excluding hydrogens is 205 g/mol. The highest BCUT2D eigenvalue weighted by Crippen LogP contribution is 2.12. The van der Waals surface area contributed by atoms with Gasteiger partial charge in [0.15, 0.2) is 0 Å². The Morgan fingerprint density at radius 3 is 2.69 bits per heavy atom. The zero-order chi connectivity index (χ0) is 12.0. The van der Waals surface area contributed by atoms with E-state index in [1.54, 1.807) is 6.07 Å². The second-order valence-corrected chi connectivity index (χ2v) is 4.09. The van der Waals surface area contributed by atoms with Crippen LogP contribution in [0, 0.1) is 12.7 Å². The van der Waals surface area contributed by atoms with Crippen molar-refractivity contribution in [1.82, 2.24) is 4.90 Å². The summed E-state index contributed by atoms with van der Waals surface area (Å²) in [6, 6.07) is 5.15. The van der Waals surface area contributed by atoms with Gasteiger partial charge < -0.3 is 5.11 Å². The predicted octanol–water partition coefficient (Wildman–Crippen LogP) is 2.34. The van der Waals surface area contributed by atoms with Gasteiger partial charge in [0.05, 0.1) is 6.61 Å². The van der Waals surface area contributed by atoms with Crippen LogP contribution in [-0.4, -0.2) is 29.7 Å². The van der Waals surface area contributed by atoms with Crippen molar-refractivity contribution in [3.05, 3.63) is 35.1 Å². The molecule has 1 aromatic carbocycles. The molecule has 0 amide bonds. The van der Waals surface area contributed by atoms with Crippen LogP contribution in [0.2, 0.25) is 0 Å². The van der Waals surface area contributed by atoms with E-state index in [1.807, 2.05) is 13.0 Å². The monoisotopic (exact) mass is 225 g/mol. The molecule has 2 nitrogen and oxygen atoms in total. The summed E-state index contributed by atoms with van der Waals surface area (Å²) < 4.78 is 13.5. The minimum Gasteiger partial charge on any atom is -0.395 e. The average Bonchev–Trinajstić information content (AvgIpc) is 2.24. The average molecular weight is 225 g/mol. The number of rotatable bonds is 6. The Labute approximate surface area is 96.7 Å². The number of aryl methyl sites for hydroxylation is 1. The molecule has 16 heavy (non-hydrogen) atoms. The van der Waals surface area contributed by atoms with E-state index in [1.165, 1.54) is 6.07 Å². The van der Waals surface area contributed by atoms with E-state index in [2.05, 4.69) is 11.8 Å². The van der Waals surface area contributed by atoms with Crippen LogP contribution in [-0.2, 0) is 6.54 Å². The summed E-state index contributed by atoms with van der Waals surface area (Å²) in [5.41, 5.74) is 1.78. The van der Waals surface area contributed by atoms with Gasteiger partial charge in [-0.3, -0.25) is 4.90 Å². The molecule has 0 unspecified atom stereocenters. The lowest BCUT2D eigenvalue weighted by molar-refractivity contribution is 0.189. The van der Waals surface area contributed by atoms with Gasteiger partial charge >= 0.3 is 0 Å². The summed E-state index contributed by atoms with van der Waals surface area (Å²) in [6.45, 7) is 6.21. The van der Waals surface area contributed by atoms with Crippen molar-refractivity contribution in [2.45, 2.75) is 26.8 Å². The predicted molar refractivity (Wildman–Crippen MR) is 63.8 cm³/mol. The molecule has 0 saturated heterocycles. The largest absolute Gasteiger partial charge is 0.395 e. The van der Waals surface area contributed by atoms with E-state index in [0.29, 0.717) is 18.7 Å². The first kappa shape index (κ1) is 13.1. The molecule has 0 atom stereocenters. The van der Waals surface area contributed by atoms with Crippen LogP contribution in [0.4, 0.5) is 4.39 Å². The normalized spacial score (nSPS) is 11.1. The van der Waals surface area contributed by atoms with Crippen LogP contribution in [0.5, 0.6) is 0 Å². The highest BCUT2D eigenvalue weighted by molar-refractivity contribution is 5.23. The Morgan fingerprint density at radius 1 is 1.31 bits per heavy atom. The zero-order valence-electron chi connectivity index (χ0n) is 10.0. The molecule has 1 aromatic rings. The minimum atomic E-state index is -0.162. The van der Waals surface area contributed by atoms with E-state index < -0.39 is 0 Å². The molecular formula is C13H20FNO. The Hall–Kier alpha value is -0.930. The first-order valence-electron chi connectivity index (χ1n) is 5.75. The van der Waals surface area contributed by atoms with Gasteiger partial charge in [0.2, 0.25) is 0 Å². The molecule has 0 aliphatic carbocycles. The van der Waals surface area contributed by atoms with Crippen molar-refractivity contribution < 1.29 is 9.50 Å². The molecule has 0 saturated carbocycles. The summed E-state index contributed by atoms with van der Waals surface area (Å²) in [5.74, 6) is -0.162. The minimum absolute atomic E-state index is 0.118. The van der Waals surface area contributed by atoms with Gasteiger partial charge in [-0.2, -0.15) is 0 Å². The van der Waals surface area contributed by atoms with Gasteiger partial charge in [-0.05, 0) is 26.0 Å². The molecule has 0 aromatic heterocycles. The maximum absolute atomic E-state index is 13.5. The summed E-state index contributed by atoms with van der Waals surface area (Å²) in [4.78, 5) is 2.07. The maximum Gasteiger partial charge on any atom is 0.127 e. The third-order valence-corrected chi connectivity index (χ3v) is 2.55. The second-order valence-electron chi connectivity index (χ2n) is 4.09. The number of hydrogen-bond acceptors (Lipinski definition) is 2. The van der Waals surface area contributed by atoms with Crippen LogP contribution in [0.15, 0.2) is 18.2 Å². The number of aliphatic hydroxyl groups is 1. The number of halogens is 1. The fourth-order valence-corrected chi connectivity index (χ4v) is 1.79. The van der Waals surface area contributed by atoms with Gasteiger partial charge in [-0.25, -0.2) is 4.39 Å². The van der Waals surface area contributed by atoms with Gasteiger partial charge in [0, 0.05) is 18.7 Å². The van der Waals surface area contributed by atoms with Crippen LogP contribution < -0.4 is 0 Å². The molecule has 3 heteroatoms. The standard InChI is InChI=1S/C13H20FNO/c1-3-6-15(7-8-16)10-12-9-11(2)4-5-13(12)14/h4-5,9,16H,3,6-8,10H2,1-2H3. The van der Waals surface area contributed by atoms with Gasteiger partial charge in [-0.15, -0.1) is 0 Å². The van der Waals surface area contributed by atoms with Crippen LogP contribution >= 0.6 is 0 Å². The molecule has 0 spiro atoms. The third-order valence-electron chi connectivity index (χ3n) is 2.55. The van der Waals surface area contributed by atoms with Gasteiger partial charge in [-0.1, -0.05) is 24.6 Å². The van der Waals surface area contributed by atoms with E-state index in [-0.39, 0.29) is 12.4 Å². The lowest BCUT2D eigenvalue weighted by atomic mass is 10.1. The summed E-state index contributed by atoms with van der Waals surface area (Å²) in [7, 11) is 0. The second kappa shape index (κ2) is 6.61. The zero-order valence-corrected chi connectivity index (χ0v) is 10.0. The Morgan fingerprint density at radius 2 is 2.06 bits per heavy atom. The molecule has 0 heterocycles. The van der Waals surface area contributed by atoms with E-state index in [4.69, 9.17) is 5.11 Å². The third kappa shape index (κ3) is 3.91. The fraction of sp³-hybridized carbons (Fsp3) is 0.538. The molecule has 0 aliphatic heterocycles. The Balaban J connectivity index is 2.71. The molecule has 90 valence electrons. The van der Waals surface area contributed by atoms with Crippen LogP contribution in [0.1, 0.15) is 24.5 Å². The van der Waals surface area contributed by atoms with Crippen LogP contribution in [0.25, 0.3) is 0 Å². The topological polar surface area (TPSA) is 23.5 Å². The maximum atomic E-state index is 13.5. The molecule has 0 bridgehead atoms. The van der Waals surface area contributed by atoms with Gasteiger partial charge in [0.1, 0.15) is 5.82 Å². The molecule has 1 N–H and O–H groups in total. The van der Waals surface area contributed by atoms with E-state index in [9.17, 15) is 4.39 Å². The van der Waals surface area contributed by atoms with Gasteiger partial charge in [0.25, 0.3) is 0 Å². The van der Waals surface area contributed by atoms with Crippen LogP contribution in [0.3, 0.4) is 0 Å². The number of nitrogens with zero attached hydrogens (tertiary/aromatic N) is 1. The first-order valence-corrected chi connectivity index (χ1v) is 5.75. The molecule has 0 radical (unpaired) electrons. The van der Waals surface area contributed by atoms with Crippen molar-refractivity contribution in [3.63, 3.8) is 0 Å². The van der Waals surface area contributed by atoms with Crippen molar-refractivity contribution >= 4 is 0 Å². The number of aliphatic hydroxyl groups excluding tert-OH is 1.